The zero-order valence-corrected chi connectivity index (χ0v) is 16.6. The van der Waals surface area contributed by atoms with Crippen LogP contribution in [0.5, 0.6) is 5.75 Å². The van der Waals surface area contributed by atoms with Gasteiger partial charge >= 0.3 is 5.97 Å². The van der Waals surface area contributed by atoms with Crippen molar-refractivity contribution in [3.05, 3.63) is 41.0 Å². The summed E-state index contributed by atoms with van der Waals surface area (Å²) in [7, 11) is 0. The lowest BCUT2D eigenvalue weighted by Gasteiger charge is -2.09. The number of thiophene rings is 1. The Morgan fingerprint density at radius 3 is 2.67 bits per heavy atom. The van der Waals surface area contributed by atoms with E-state index in [0.717, 1.165) is 46.7 Å². The van der Waals surface area contributed by atoms with E-state index in [1.165, 1.54) is 17.7 Å². The lowest BCUT2D eigenvalue weighted by Crippen LogP contribution is -2.03. The normalized spacial score (nSPS) is 10.8. The number of benzene rings is 1. The van der Waals surface area contributed by atoms with Gasteiger partial charge in [-0.15, -0.1) is 11.3 Å². The number of carbonyl (C=O) groups excluding carboxylic acids is 1. The summed E-state index contributed by atoms with van der Waals surface area (Å²) in [6, 6.07) is 7.76. The average Bonchev–Trinajstić information content (AvgIpc) is 3.01. The number of fused-ring (bicyclic) bond motifs is 1. The van der Waals surface area contributed by atoms with Crippen LogP contribution in [-0.2, 0) is 4.74 Å². The highest BCUT2D eigenvalue weighted by molar-refractivity contribution is 7.20. The van der Waals surface area contributed by atoms with Crippen LogP contribution in [0.1, 0.15) is 41.9 Å². The first-order chi connectivity index (χ1) is 13.1. The number of unbranched alkanes of at least 4 members (excludes halogenated alkanes) is 1. The van der Waals surface area contributed by atoms with Crippen LogP contribution >= 0.6 is 11.3 Å². The molecule has 0 aliphatic rings. The molecule has 0 aliphatic heterocycles. The summed E-state index contributed by atoms with van der Waals surface area (Å²) >= 11 is 1.32. The third kappa shape index (κ3) is 4.36. The highest BCUT2D eigenvalue weighted by atomic mass is 32.1. The summed E-state index contributed by atoms with van der Waals surface area (Å²) in [6.45, 7) is 6.89. The van der Waals surface area contributed by atoms with E-state index < -0.39 is 0 Å². The van der Waals surface area contributed by atoms with E-state index in [0.29, 0.717) is 17.3 Å². The van der Waals surface area contributed by atoms with E-state index in [4.69, 9.17) is 9.47 Å². The molecule has 1 N–H and O–H groups in total. The number of carbonyl (C=O) groups is 1. The number of aryl methyl sites for hydroxylation is 1. The van der Waals surface area contributed by atoms with Crippen LogP contribution in [0.2, 0.25) is 0 Å². The standard InChI is InChI=1S/C20H23N3O3S/c1-4-6-11-26-15-9-7-14(8-10-15)23-18-16-13(3)17(20(24)25-5-2)27-19(16)22-12-21-18/h7-10,12H,4-6,11H2,1-3H3,(H,21,22,23). The van der Waals surface area contributed by atoms with Crippen molar-refractivity contribution >= 4 is 39.0 Å². The molecule has 3 aromatic rings. The van der Waals surface area contributed by atoms with Crippen molar-refractivity contribution in [3.63, 3.8) is 0 Å². The van der Waals surface area contributed by atoms with Gasteiger partial charge in [0.1, 0.15) is 27.6 Å². The fourth-order valence-corrected chi connectivity index (χ4v) is 3.71. The molecule has 27 heavy (non-hydrogen) atoms. The molecule has 0 unspecified atom stereocenters. The quantitative estimate of drug-likeness (QED) is 0.430. The molecule has 6 nitrogen and oxygen atoms in total. The van der Waals surface area contributed by atoms with E-state index in [2.05, 4.69) is 22.2 Å². The first-order valence-electron chi connectivity index (χ1n) is 9.05. The summed E-state index contributed by atoms with van der Waals surface area (Å²) in [5.74, 6) is 1.19. The van der Waals surface area contributed by atoms with Gasteiger partial charge in [-0.05, 0) is 50.1 Å². The van der Waals surface area contributed by atoms with Crippen molar-refractivity contribution in [2.24, 2.45) is 0 Å². The molecule has 2 heterocycles. The molecule has 0 saturated carbocycles. The smallest absolute Gasteiger partial charge is 0.348 e. The topological polar surface area (TPSA) is 73.3 Å². The van der Waals surface area contributed by atoms with Gasteiger partial charge in [0.15, 0.2) is 0 Å². The number of hydrogen-bond acceptors (Lipinski definition) is 7. The molecule has 1 aromatic carbocycles. The summed E-state index contributed by atoms with van der Waals surface area (Å²) in [5.41, 5.74) is 1.72. The molecule has 0 atom stereocenters. The second kappa shape index (κ2) is 8.81. The Labute approximate surface area is 162 Å². The van der Waals surface area contributed by atoms with Crippen LogP contribution in [0.3, 0.4) is 0 Å². The Hall–Kier alpha value is -2.67. The molecule has 2 aromatic heterocycles. The number of anilines is 2. The third-order valence-electron chi connectivity index (χ3n) is 4.07. The van der Waals surface area contributed by atoms with E-state index in [-0.39, 0.29) is 5.97 Å². The van der Waals surface area contributed by atoms with E-state index in [9.17, 15) is 4.79 Å². The van der Waals surface area contributed by atoms with Crippen LogP contribution in [0.15, 0.2) is 30.6 Å². The van der Waals surface area contributed by atoms with Gasteiger partial charge in [0, 0.05) is 5.69 Å². The number of esters is 1. The first-order valence-corrected chi connectivity index (χ1v) is 9.86. The average molecular weight is 385 g/mol. The highest BCUT2D eigenvalue weighted by Gasteiger charge is 2.20. The molecule has 142 valence electrons. The molecule has 0 spiro atoms. The number of nitrogens with one attached hydrogen (secondary N) is 1. The summed E-state index contributed by atoms with van der Waals surface area (Å²) in [5, 5.41) is 4.16. The molecule has 0 amide bonds. The van der Waals surface area contributed by atoms with Crippen molar-refractivity contribution in [2.75, 3.05) is 18.5 Å². The Kier molecular flexibility index (Phi) is 6.24. The number of rotatable bonds is 8. The Morgan fingerprint density at radius 1 is 1.19 bits per heavy atom. The monoisotopic (exact) mass is 385 g/mol. The number of nitrogens with zero attached hydrogens (tertiary/aromatic N) is 2. The van der Waals surface area contributed by atoms with Gasteiger partial charge in [-0.2, -0.15) is 0 Å². The summed E-state index contributed by atoms with van der Waals surface area (Å²) < 4.78 is 10.8. The molecule has 0 bridgehead atoms. The van der Waals surface area contributed by atoms with Crippen molar-refractivity contribution in [2.45, 2.75) is 33.6 Å². The van der Waals surface area contributed by atoms with Crippen molar-refractivity contribution in [1.29, 1.82) is 0 Å². The maximum atomic E-state index is 12.2. The van der Waals surface area contributed by atoms with E-state index >= 15 is 0 Å². The third-order valence-corrected chi connectivity index (χ3v) is 5.25. The molecule has 3 rings (SSSR count). The van der Waals surface area contributed by atoms with Crippen LogP contribution in [-0.4, -0.2) is 29.2 Å². The van der Waals surface area contributed by atoms with Gasteiger partial charge < -0.3 is 14.8 Å². The van der Waals surface area contributed by atoms with Gasteiger partial charge in [-0.3, -0.25) is 0 Å². The Balaban J connectivity index is 1.83. The minimum absolute atomic E-state index is 0.322. The van der Waals surface area contributed by atoms with Gasteiger partial charge in [0.25, 0.3) is 0 Å². The molecule has 0 fully saturated rings. The van der Waals surface area contributed by atoms with Crippen molar-refractivity contribution < 1.29 is 14.3 Å². The predicted molar refractivity (Wildman–Crippen MR) is 108 cm³/mol. The number of hydrogen-bond donors (Lipinski definition) is 1. The molecule has 7 heteroatoms. The fourth-order valence-electron chi connectivity index (χ4n) is 2.66. The summed E-state index contributed by atoms with van der Waals surface area (Å²) in [6.07, 6.45) is 3.65. The zero-order valence-electron chi connectivity index (χ0n) is 15.7. The van der Waals surface area contributed by atoms with Crippen LogP contribution in [0.4, 0.5) is 11.5 Å². The molecule has 0 radical (unpaired) electrons. The van der Waals surface area contributed by atoms with Crippen LogP contribution < -0.4 is 10.1 Å². The first kappa shape index (κ1) is 19.1. The zero-order chi connectivity index (χ0) is 19.2. The van der Waals surface area contributed by atoms with Crippen LogP contribution in [0, 0.1) is 6.92 Å². The van der Waals surface area contributed by atoms with E-state index in [1.54, 1.807) is 6.92 Å². The minimum atomic E-state index is -0.322. The Bertz CT molecular complexity index is 922. The molecule has 0 aliphatic carbocycles. The van der Waals surface area contributed by atoms with E-state index in [1.807, 2.05) is 31.2 Å². The maximum absolute atomic E-state index is 12.2. The fraction of sp³-hybridized carbons (Fsp3) is 0.350. The van der Waals surface area contributed by atoms with Crippen molar-refractivity contribution in [1.82, 2.24) is 9.97 Å². The second-order valence-corrected chi connectivity index (χ2v) is 7.03. The second-order valence-electron chi connectivity index (χ2n) is 6.03. The molecular weight excluding hydrogens is 362 g/mol. The van der Waals surface area contributed by atoms with Crippen molar-refractivity contribution in [3.8, 4) is 5.75 Å². The largest absolute Gasteiger partial charge is 0.494 e. The van der Waals surface area contributed by atoms with Gasteiger partial charge in [0.2, 0.25) is 0 Å². The van der Waals surface area contributed by atoms with Gasteiger partial charge in [-0.25, -0.2) is 14.8 Å². The lowest BCUT2D eigenvalue weighted by atomic mass is 10.2. The highest BCUT2D eigenvalue weighted by Crippen LogP contribution is 2.35. The lowest BCUT2D eigenvalue weighted by molar-refractivity contribution is 0.0531. The predicted octanol–water partition coefficient (Wildman–Crippen LogP) is 5.10. The molecule has 0 saturated heterocycles. The number of ether oxygens (including phenoxy) is 2. The summed E-state index contributed by atoms with van der Waals surface area (Å²) in [4.78, 5) is 22.1. The van der Waals surface area contributed by atoms with Crippen LogP contribution in [0.25, 0.3) is 10.2 Å². The maximum Gasteiger partial charge on any atom is 0.348 e. The minimum Gasteiger partial charge on any atom is -0.494 e. The Morgan fingerprint density at radius 2 is 1.96 bits per heavy atom. The van der Waals surface area contributed by atoms with Gasteiger partial charge in [-0.1, -0.05) is 13.3 Å². The number of aromatic nitrogens is 2. The molecular formula is C20H23N3O3S. The SMILES string of the molecule is CCCCOc1ccc(Nc2ncnc3sc(C(=O)OCC)c(C)c23)cc1. The van der Waals surface area contributed by atoms with Gasteiger partial charge in [0.05, 0.1) is 18.6 Å².